The molecule has 5 nitrogen and oxygen atoms in total. The van der Waals surface area contributed by atoms with Gasteiger partial charge in [-0.05, 0) is 32.3 Å². The summed E-state index contributed by atoms with van der Waals surface area (Å²) in [6.45, 7) is 4.02. The smallest absolute Gasteiger partial charge is 0.273 e. The molecule has 126 valence electrons. The van der Waals surface area contributed by atoms with Gasteiger partial charge >= 0.3 is 0 Å². The van der Waals surface area contributed by atoms with Crippen LogP contribution in [0.3, 0.4) is 0 Å². The molecule has 0 heterocycles. The summed E-state index contributed by atoms with van der Waals surface area (Å²) in [5.74, 6) is -0.442. The van der Waals surface area contributed by atoms with E-state index in [2.05, 4.69) is 10.5 Å². The summed E-state index contributed by atoms with van der Waals surface area (Å²) in [6, 6.07) is 9.08. The molecule has 0 radical (unpaired) electrons. The quantitative estimate of drug-likeness (QED) is 0.391. The first kappa shape index (κ1) is 17.7. The van der Waals surface area contributed by atoms with E-state index < -0.39 is 0 Å². The van der Waals surface area contributed by atoms with Crippen LogP contribution in [0, 0.1) is 0 Å². The lowest BCUT2D eigenvalue weighted by Crippen LogP contribution is -2.31. The number of ketones is 1. The summed E-state index contributed by atoms with van der Waals surface area (Å²) in [4.78, 5) is 30.0. The second-order valence-electron chi connectivity index (χ2n) is 5.77. The summed E-state index contributed by atoms with van der Waals surface area (Å²) in [7, 11) is 2.92. The molecule has 0 bridgehead atoms. The van der Waals surface area contributed by atoms with Crippen molar-refractivity contribution >= 4 is 17.4 Å². The standard InChI is InChI=1S/C19H22N2O3/c1-12-10-15(17(21-24-4)19(23)20-3)16(11-13(12)2)18(22)14-8-6-5-7-9-14/h5-9H,10-11H2,1-4H3,(H,20,23)/b21-17+. The Hall–Kier alpha value is -2.69. The zero-order chi connectivity index (χ0) is 17.7. The summed E-state index contributed by atoms with van der Waals surface area (Å²) in [6.07, 6.45) is 1.02. The summed E-state index contributed by atoms with van der Waals surface area (Å²) >= 11 is 0. The number of carbonyl (C=O) groups is 2. The predicted octanol–water partition coefficient (Wildman–Crippen LogP) is 3.04. The third-order valence-electron chi connectivity index (χ3n) is 4.20. The van der Waals surface area contributed by atoms with E-state index in [-0.39, 0.29) is 17.4 Å². The van der Waals surface area contributed by atoms with Crippen molar-refractivity contribution in [1.82, 2.24) is 5.32 Å². The van der Waals surface area contributed by atoms with E-state index in [1.807, 2.05) is 32.0 Å². The first-order valence-electron chi connectivity index (χ1n) is 7.80. The van der Waals surface area contributed by atoms with Crippen LogP contribution in [-0.2, 0) is 9.63 Å². The van der Waals surface area contributed by atoms with Gasteiger partial charge in [0.05, 0.1) is 0 Å². The SMILES string of the molecule is CNC(=O)/C(=N/OC)C1=C(C(=O)c2ccccc2)CC(C)=C(C)C1. The second kappa shape index (κ2) is 7.73. The van der Waals surface area contributed by atoms with E-state index in [4.69, 9.17) is 4.84 Å². The van der Waals surface area contributed by atoms with Crippen LogP contribution >= 0.6 is 0 Å². The van der Waals surface area contributed by atoms with E-state index in [0.717, 1.165) is 11.1 Å². The highest BCUT2D eigenvalue weighted by Crippen LogP contribution is 2.32. The van der Waals surface area contributed by atoms with Gasteiger partial charge < -0.3 is 10.2 Å². The van der Waals surface area contributed by atoms with Crippen LogP contribution in [0.5, 0.6) is 0 Å². The normalized spacial score (nSPS) is 15.4. The van der Waals surface area contributed by atoms with Gasteiger partial charge in [0.25, 0.3) is 5.91 Å². The molecule has 0 spiro atoms. The molecular weight excluding hydrogens is 304 g/mol. The Morgan fingerprint density at radius 1 is 1.04 bits per heavy atom. The van der Waals surface area contributed by atoms with Crippen LogP contribution < -0.4 is 5.32 Å². The molecule has 0 atom stereocenters. The first-order chi connectivity index (χ1) is 11.5. The summed E-state index contributed by atoms with van der Waals surface area (Å²) in [5, 5.41) is 6.44. The highest BCUT2D eigenvalue weighted by atomic mass is 16.6. The Morgan fingerprint density at radius 3 is 2.17 bits per heavy atom. The van der Waals surface area contributed by atoms with Crippen LogP contribution in [0.4, 0.5) is 0 Å². The van der Waals surface area contributed by atoms with Gasteiger partial charge in [0.2, 0.25) is 0 Å². The number of carbonyl (C=O) groups excluding carboxylic acids is 2. The number of nitrogens with one attached hydrogen (secondary N) is 1. The number of hydrogen-bond donors (Lipinski definition) is 1. The fourth-order valence-corrected chi connectivity index (χ4v) is 2.70. The van der Waals surface area contributed by atoms with E-state index in [1.165, 1.54) is 14.2 Å². The molecule has 24 heavy (non-hydrogen) atoms. The van der Waals surface area contributed by atoms with Gasteiger partial charge in [0, 0.05) is 18.2 Å². The van der Waals surface area contributed by atoms with Crippen LogP contribution in [0.25, 0.3) is 0 Å². The lowest BCUT2D eigenvalue weighted by Gasteiger charge is -2.22. The number of rotatable bonds is 5. The van der Waals surface area contributed by atoms with Gasteiger partial charge in [-0.3, -0.25) is 9.59 Å². The van der Waals surface area contributed by atoms with Gasteiger partial charge in [0.1, 0.15) is 7.11 Å². The van der Waals surface area contributed by atoms with Crippen LogP contribution in [0.1, 0.15) is 37.0 Å². The third-order valence-corrected chi connectivity index (χ3v) is 4.20. The van der Waals surface area contributed by atoms with Gasteiger partial charge in [-0.2, -0.15) is 0 Å². The first-order valence-corrected chi connectivity index (χ1v) is 7.80. The number of benzene rings is 1. The molecule has 0 aliphatic heterocycles. The second-order valence-corrected chi connectivity index (χ2v) is 5.77. The monoisotopic (exact) mass is 326 g/mol. The van der Waals surface area contributed by atoms with E-state index >= 15 is 0 Å². The van der Waals surface area contributed by atoms with Crippen LogP contribution in [0.2, 0.25) is 0 Å². The van der Waals surface area contributed by atoms with Crippen molar-refractivity contribution < 1.29 is 14.4 Å². The van der Waals surface area contributed by atoms with Gasteiger partial charge in [-0.25, -0.2) is 0 Å². The minimum absolute atomic E-state index is 0.0786. The maximum Gasteiger partial charge on any atom is 0.273 e. The van der Waals surface area contributed by atoms with Crippen molar-refractivity contribution in [3.05, 3.63) is 58.2 Å². The molecule has 2 rings (SSSR count). The molecule has 1 aliphatic carbocycles. The minimum Gasteiger partial charge on any atom is -0.398 e. The zero-order valence-corrected chi connectivity index (χ0v) is 14.5. The largest absolute Gasteiger partial charge is 0.398 e. The molecule has 0 aromatic heterocycles. The average Bonchev–Trinajstić information content (AvgIpc) is 2.61. The maximum absolute atomic E-state index is 13.0. The molecule has 1 amide bonds. The lowest BCUT2D eigenvalue weighted by molar-refractivity contribution is -0.114. The van der Waals surface area contributed by atoms with Crippen molar-refractivity contribution in [3.8, 4) is 0 Å². The minimum atomic E-state index is -0.363. The molecule has 5 heteroatoms. The van der Waals surface area contributed by atoms with Crippen molar-refractivity contribution in [2.24, 2.45) is 5.16 Å². The van der Waals surface area contributed by atoms with Gasteiger partial charge in [0.15, 0.2) is 11.5 Å². The number of Topliss-reactive ketones (excluding diaryl/α,β-unsaturated/α-hetero) is 1. The van der Waals surface area contributed by atoms with E-state index in [1.54, 1.807) is 12.1 Å². The molecular formula is C19H22N2O3. The molecule has 1 aromatic carbocycles. The van der Waals surface area contributed by atoms with E-state index in [9.17, 15) is 9.59 Å². The molecule has 0 saturated carbocycles. The maximum atomic E-state index is 13.0. The van der Waals surface area contributed by atoms with Crippen LogP contribution in [-0.4, -0.2) is 31.6 Å². The van der Waals surface area contributed by atoms with Crippen molar-refractivity contribution in [2.45, 2.75) is 26.7 Å². The molecule has 1 N–H and O–H groups in total. The Balaban J connectivity index is 2.57. The highest BCUT2D eigenvalue weighted by molar-refractivity contribution is 6.46. The highest BCUT2D eigenvalue weighted by Gasteiger charge is 2.28. The van der Waals surface area contributed by atoms with Crippen molar-refractivity contribution in [3.63, 3.8) is 0 Å². The fraction of sp³-hybridized carbons (Fsp3) is 0.316. The number of nitrogens with zero attached hydrogens (tertiary/aromatic N) is 1. The molecule has 1 aromatic rings. The predicted molar refractivity (Wildman–Crippen MR) is 93.9 cm³/mol. The molecule has 0 unspecified atom stereocenters. The Labute approximate surface area is 142 Å². The summed E-state index contributed by atoms with van der Waals surface area (Å²) in [5.41, 5.74) is 4.28. The number of allylic oxidation sites excluding steroid dienone is 3. The number of hydrogen-bond acceptors (Lipinski definition) is 4. The number of oxime groups is 1. The van der Waals surface area contributed by atoms with Gasteiger partial charge in [-0.15, -0.1) is 0 Å². The van der Waals surface area contributed by atoms with E-state index in [0.29, 0.717) is 29.6 Å². The van der Waals surface area contributed by atoms with Crippen molar-refractivity contribution in [1.29, 1.82) is 0 Å². The molecule has 0 fully saturated rings. The van der Waals surface area contributed by atoms with Crippen LogP contribution in [0.15, 0.2) is 57.8 Å². The van der Waals surface area contributed by atoms with Crippen molar-refractivity contribution in [2.75, 3.05) is 14.2 Å². The molecule has 1 aliphatic rings. The fourth-order valence-electron chi connectivity index (χ4n) is 2.70. The Kier molecular flexibility index (Phi) is 5.68. The topological polar surface area (TPSA) is 67.8 Å². The molecule has 0 saturated heterocycles. The Morgan fingerprint density at radius 2 is 1.62 bits per heavy atom. The summed E-state index contributed by atoms with van der Waals surface area (Å²) < 4.78 is 0. The number of amides is 1. The Bertz CT molecular complexity index is 743. The zero-order valence-electron chi connectivity index (χ0n) is 14.5. The van der Waals surface area contributed by atoms with Gasteiger partial charge in [-0.1, -0.05) is 46.6 Å². The lowest BCUT2D eigenvalue weighted by atomic mass is 9.82. The third kappa shape index (κ3) is 3.62. The average molecular weight is 326 g/mol.